The Morgan fingerprint density at radius 3 is 2.63 bits per heavy atom. The molecule has 5 heteroatoms. The smallest absolute Gasteiger partial charge is 0.307 e. The number of nitrogens with zero attached hydrogens (tertiary/aromatic N) is 3. The van der Waals surface area contributed by atoms with Crippen molar-refractivity contribution in [2.45, 2.75) is 40.0 Å². The van der Waals surface area contributed by atoms with Gasteiger partial charge in [-0.05, 0) is 25.8 Å². The summed E-state index contributed by atoms with van der Waals surface area (Å²) in [5.41, 5.74) is 1.98. The number of ether oxygens (including phenoxy) is 1. The number of hydrogen-bond acceptors (Lipinski definition) is 5. The van der Waals surface area contributed by atoms with Crippen LogP contribution in [0, 0.1) is 6.92 Å². The van der Waals surface area contributed by atoms with Gasteiger partial charge >= 0.3 is 5.97 Å². The van der Waals surface area contributed by atoms with Crippen molar-refractivity contribution in [1.82, 2.24) is 9.97 Å². The first-order chi connectivity index (χ1) is 8.97. The molecule has 5 nitrogen and oxygen atoms in total. The summed E-state index contributed by atoms with van der Waals surface area (Å²) in [5, 5.41) is 0. The predicted octanol–water partition coefficient (Wildman–Crippen LogP) is 2.30. The van der Waals surface area contributed by atoms with Crippen molar-refractivity contribution in [3.8, 4) is 0 Å². The van der Waals surface area contributed by atoms with Crippen LogP contribution in [0.4, 0.5) is 5.95 Å². The standard InChI is InChI=1S/C14H23N3O2/c1-6-17(8-7-13(18)19-5)14-15-11(4)9-12(16-14)10(2)3/h9-10H,6-8H2,1-5H3. The summed E-state index contributed by atoms with van der Waals surface area (Å²) in [5.74, 6) is 0.838. The van der Waals surface area contributed by atoms with Crippen molar-refractivity contribution in [2.24, 2.45) is 0 Å². The molecule has 0 aliphatic rings. The molecule has 0 aromatic carbocycles. The van der Waals surface area contributed by atoms with Gasteiger partial charge in [0.25, 0.3) is 0 Å². The van der Waals surface area contributed by atoms with E-state index in [2.05, 4.69) is 28.6 Å². The molecule has 1 rings (SSSR count). The van der Waals surface area contributed by atoms with E-state index in [0.717, 1.165) is 17.9 Å². The van der Waals surface area contributed by atoms with Crippen molar-refractivity contribution in [2.75, 3.05) is 25.1 Å². The lowest BCUT2D eigenvalue weighted by Gasteiger charge is -2.21. The van der Waals surface area contributed by atoms with Gasteiger partial charge in [0, 0.05) is 24.5 Å². The lowest BCUT2D eigenvalue weighted by molar-refractivity contribution is -0.140. The number of aromatic nitrogens is 2. The molecule has 0 radical (unpaired) electrons. The molecule has 0 fully saturated rings. The fraction of sp³-hybridized carbons (Fsp3) is 0.643. The third kappa shape index (κ3) is 4.50. The van der Waals surface area contributed by atoms with Crippen LogP contribution in [0.5, 0.6) is 0 Å². The highest BCUT2D eigenvalue weighted by Gasteiger charge is 2.13. The molecular weight excluding hydrogens is 242 g/mol. The maximum atomic E-state index is 11.2. The maximum absolute atomic E-state index is 11.2. The van der Waals surface area contributed by atoms with E-state index in [9.17, 15) is 4.79 Å². The van der Waals surface area contributed by atoms with Crippen LogP contribution in [0.25, 0.3) is 0 Å². The predicted molar refractivity (Wildman–Crippen MR) is 75.4 cm³/mol. The van der Waals surface area contributed by atoms with Gasteiger partial charge in [-0.3, -0.25) is 4.79 Å². The number of rotatable bonds is 6. The Kier molecular flexibility index (Phi) is 5.73. The highest BCUT2D eigenvalue weighted by molar-refractivity contribution is 5.69. The SMILES string of the molecule is CCN(CCC(=O)OC)c1nc(C)cc(C(C)C)n1. The Morgan fingerprint density at radius 1 is 1.42 bits per heavy atom. The topological polar surface area (TPSA) is 55.3 Å². The molecular formula is C14H23N3O2. The van der Waals surface area contributed by atoms with Gasteiger partial charge in [-0.15, -0.1) is 0 Å². The lowest BCUT2D eigenvalue weighted by Crippen LogP contribution is -2.28. The molecule has 106 valence electrons. The van der Waals surface area contributed by atoms with E-state index in [-0.39, 0.29) is 5.97 Å². The Bertz CT molecular complexity index is 433. The van der Waals surface area contributed by atoms with E-state index in [1.807, 2.05) is 24.8 Å². The summed E-state index contributed by atoms with van der Waals surface area (Å²) in [6.45, 7) is 9.54. The van der Waals surface area contributed by atoms with E-state index in [0.29, 0.717) is 24.8 Å². The normalized spacial score (nSPS) is 10.6. The second-order valence-electron chi connectivity index (χ2n) is 4.79. The minimum absolute atomic E-state index is 0.213. The molecule has 0 aliphatic heterocycles. The highest BCUT2D eigenvalue weighted by atomic mass is 16.5. The quantitative estimate of drug-likeness (QED) is 0.739. The molecule has 0 unspecified atom stereocenters. The van der Waals surface area contributed by atoms with E-state index in [1.165, 1.54) is 7.11 Å². The second-order valence-corrected chi connectivity index (χ2v) is 4.79. The van der Waals surface area contributed by atoms with Gasteiger partial charge in [-0.1, -0.05) is 13.8 Å². The average molecular weight is 265 g/mol. The van der Waals surface area contributed by atoms with Crippen LogP contribution in [0.3, 0.4) is 0 Å². The van der Waals surface area contributed by atoms with Crippen LogP contribution in [-0.2, 0) is 9.53 Å². The zero-order chi connectivity index (χ0) is 14.4. The van der Waals surface area contributed by atoms with Gasteiger partial charge in [-0.2, -0.15) is 0 Å². The van der Waals surface area contributed by atoms with Crippen LogP contribution < -0.4 is 4.90 Å². The number of esters is 1. The summed E-state index contributed by atoms with van der Waals surface area (Å²) in [6, 6.07) is 2.00. The van der Waals surface area contributed by atoms with E-state index in [1.54, 1.807) is 0 Å². The van der Waals surface area contributed by atoms with Gasteiger partial charge < -0.3 is 9.64 Å². The minimum Gasteiger partial charge on any atom is -0.469 e. The molecule has 0 spiro atoms. The fourth-order valence-corrected chi connectivity index (χ4v) is 1.74. The van der Waals surface area contributed by atoms with Crippen LogP contribution in [-0.4, -0.2) is 36.1 Å². The first-order valence-electron chi connectivity index (χ1n) is 6.65. The molecule has 0 amide bonds. The molecule has 0 saturated carbocycles. The summed E-state index contributed by atoms with van der Waals surface area (Å²) >= 11 is 0. The van der Waals surface area contributed by atoms with Gasteiger partial charge in [-0.25, -0.2) is 9.97 Å². The average Bonchev–Trinajstić information content (AvgIpc) is 2.38. The number of carbonyl (C=O) groups excluding carboxylic acids is 1. The summed E-state index contributed by atoms with van der Waals surface area (Å²) in [4.78, 5) is 22.2. The van der Waals surface area contributed by atoms with Crippen molar-refractivity contribution in [1.29, 1.82) is 0 Å². The summed E-state index contributed by atoms with van der Waals surface area (Å²) in [7, 11) is 1.40. The Labute approximate surface area is 115 Å². The van der Waals surface area contributed by atoms with E-state index >= 15 is 0 Å². The van der Waals surface area contributed by atoms with Crippen LogP contribution in [0.15, 0.2) is 6.07 Å². The molecule has 0 atom stereocenters. The Hall–Kier alpha value is -1.65. The summed E-state index contributed by atoms with van der Waals surface area (Å²) in [6.07, 6.45) is 0.346. The Morgan fingerprint density at radius 2 is 2.11 bits per heavy atom. The molecule has 0 aliphatic carbocycles. The lowest BCUT2D eigenvalue weighted by atomic mass is 10.1. The van der Waals surface area contributed by atoms with Crippen molar-refractivity contribution < 1.29 is 9.53 Å². The Balaban J connectivity index is 2.88. The largest absolute Gasteiger partial charge is 0.469 e. The van der Waals surface area contributed by atoms with Crippen LogP contribution >= 0.6 is 0 Å². The zero-order valence-corrected chi connectivity index (χ0v) is 12.4. The number of anilines is 1. The molecule has 19 heavy (non-hydrogen) atoms. The van der Waals surface area contributed by atoms with Gasteiger partial charge in [0.1, 0.15) is 0 Å². The van der Waals surface area contributed by atoms with Gasteiger partial charge in [0.2, 0.25) is 5.95 Å². The monoisotopic (exact) mass is 265 g/mol. The molecule has 1 aromatic rings. The summed E-state index contributed by atoms with van der Waals surface area (Å²) < 4.78 is 4.66. The first-order valence-corrected chi connectivity index (χ1v) is 6.65. The van der Waals surface area contributed by atoms with Crippen LogP contribution in [0.1, 0.15) is 44.5 Å². The third-order valence-electron chi connectivity index (χ3n) is 2.93. The number of hydrogen-bond donors (Lipinski definition) is 0. The molecule has 0 N–H and O–H groups in total. The van der Waals surface area contributed by atoms with Crippen molar-refractivity contribution >= 4 is 11.9 Å². The number of carbonyl (C=O) groups is 1. The zero-order valence-electron chi connectivity index (χ0n) is 12.4. The van der Waals surface area contributed by atoms with Gasteiger partial charge in [0.15, 0.2) is 0 Å². The van der Waals surface area contributed by atoms with Crippen LogP contribution in [0.2, 0.25) is 0 Å². The molecule has 1 heterocycles. The number of aryl methyl sites for hydroxylation is 1. The first kappa shape index (κ1) is 15.4. The highest BCUT2D eigenvalue weighted by Crippen LogP contribution is 2.17. The van der Waals surface area contributed by atoms with Crippen molar-refractivity contribution in [3.05, 3.63) is 17.5 Å². The molecule has 0 bridgehead atoms. The van der Waals surface area contributed by atoms with E-state index in [4.69, 9.17) is 0 Å². The maximum Gasteiger partial charge on any atom is 0.307 e. The van der Waals surface area contributed by atoms with Gasteiger partial charge in [0.05, 0.1) is 13.5 Å². The van der Waals surface area contributed by atoms with Crippen molar-refractivity contribution in [3.63, 3.8) is 0 Å². The van der Waals surface area contributed by atoms with E-state index < -0.39 is 0 Å². The minimum atomic E-state index is -0.213. The molecule has 1 aromatic heterocycles. The third-order valence-corrected chi connectivity index (χ3v) is 2.93. The fourth-order valence-electron chi connectivity index (χ4n) is 1.74. The molecule has 0 saturated heterocycles. The number of methoxy groups -OCH3 is 1. The second kappa shape index (κ2) is 7.07.